The molecule has 0 aromatic rings. The fourth-order valence-electron chi connectivity index (χ4n) is 10.5. The summed E-state index contributed by atoms with van der Waals surface area (Å²) in [5.74, 6) is 2.21. The molecule has 4 fully saturated rings. The summed E-state index contributed by atoms with van der Waals surface area (Å²) in [6.45, 7) is 20.4. The van der Waals surface area contributed by atoms with E-state index in [-0.39, 0.29) is 11.5 Å². The topological polar surface area (TPSA) is 20.2 Å². The van der Waals surface area contributed by atoms with Crippen LogP contribution >= 0.6 is 0 Å². The lowest BCUT2D eigenvalue weighted by Crippen LogP contribution is -2.64. The maximum absolute atomic E-state index is 10.9. The van der Waals surface area contributed by atoms with Crippen LogP contribution < -0.4 is 0 Å². The Hall–Kier alpha value is -0.300. The average Bonchev–Trinajstić information content (AvgIpc) is 2.67. The summed E-state index contributed by atoms with van der Waals surface area (Å²) in [5, 5.41) is 10.9. The summed E-state index contributed by atoms with van der Waals surface area (Å²) in [6.07, 6.45) is 15.9. The van der Waals surface area contributed by atoms with Crippen molar-refractivity contribution < 1.29 is 5.11 Å². The monoisotopic (exact) mass is 426 g/mol. The molecule has 1 heteroatoms. The molecule has 0 heterocycles. The molecule has 0 aromatic carbocycles. The van der Waals surface area contributed by atoms with Gasteiger partial charge in [-0.1, -0.05) is 67.0 Å². The van der Waals surface area contributed by atoms with Gasteiger partial charge in [0.2, 0.25) is 0 Å². The Labute approximate surface area is 192 Å². The summed E-state index contributed by atoms with van der Waals surface area (Å²) < 4.78 is 0. The van der Waals surface area contributed by atoms with E-state index < -0.39 is 0 Å². The Balaban J connectivity index is 1.57. The lowest BCUT2D eigenvalue weighted by Gasteiger charge is -2.71. The van der Waals surface area contributed by atoms with Crippen molar-refractivity contribution in [3.05, 3.63) is 11.6 Å². The third-order valence-corrected chi connectivity index (χ3v) is 13.0. The van der Waals surface area contributed by atoms with E-state index in [4.69, 9.17) is 0 Å². The molecule has 5 aliphatic carbocycles. The van der Waals surface area contributed by atoms with E-state index in [2.05, 4.69) is 61.5 Å². The van der Waals surface area contributed by atoms with Crippen molar-refractivity contribution in [3.63, 3.8) is 0 Å². The first-order valence-corrected chi connectivity index (χ1v) is 13.6. The van der Waals surface area contributed by atoms with Crippen LogP contribution in [0.1, 0.15) is 120 Å². The van der Waals surface area contributed by atoms with Gasteiger partial charge < -0.3 is 5.11 Å². The van der Waals surface area contributed by atoms with Crippen LogP contribution in [-0.2, 0) is 0 Å². The molecule has 5 aliphatic rings. The van der Waals surface area contributed by atoms with Crippen molar-refractivity contribution in [2.45, 2.75) is 126 Å². The van der Waals surface area contributed by atoms with E-state index in [0.29, 0.717) is 33.0 Å². The molecule has 0 aliphatic heterocycles. The predicted octanol–water partition coefficient (Wildman–Crippen LogP) is 8.17. The van der Waals surface area contributed by atoms with Gasteiger partial charge in [0.25, 0.3) is 0 Å². The molecule has 0 radical (unpaired) electrons. The first-order chi connectivity index (χ1) is 14.2. The molecule has 4 saturated carbocycles. The van der Waals surface area contributed by atoms with Crippen LogP contribution in [0.2, 0.25) is 0 Å². The molecular formula is C30H50O. The molecule has 176 valence electrons. The molecule has 0 bridgehead atoms. The number of hydrogen-bond acceptors (Lipinski definition) is 1. The Bertz CT molecular complexity index is 790. The maximum Gasteiger partial charge on any atom is 0.0594 e. The van der Waals surface area contributed by atoms with Crippen molar-refractivity contribution in [2.75, 3.05) is 0 Å². The number of fused-ring (bicyclic) bond motifs is 7. The zero-order valence-corrected chi connectivity index (χ0v) is 21.9. The lowest BCUT2D eigenvalue weighted by molar-refractivity contribution is -0.202. The highest BCUT2D eigenvalue weighted by molar-refractivity contribution is 5.33. The molecular weight excluding hydrogens is 376 g/mol. The van der Waals surface area contributed by atoms with Crippen molar-refractivity contribution in [1.29, 1.82) is 0 Å². The van der Waals surface area contributed by atoms with Crippen molar-refractivity contribution >= 4 is 0 Å². The van der Waals surface area contributed by atoms with Crippen LogP contribution in [0.5, 0.6) is 0 Å². The molecule has 0 spiro atoms. The molecule has 8 atom stereocenters. The number of hydrogen-bond donors (Lipinski definition) is 1. The number of rotatable bonds is 0. The van der Waals surface area contributed by atoms with Crippen LogP contribution in [0, 0.1) is 50.2 Å². The predicted molar refractivity (Wildman–Crippen MR) is 131 cm³/mol. The minimum absolute atomic E-state index is 0.0533. The standard InChI is InChI=1S/C30H50O/c1-25(2)15-16-27(5)17-18-29(7)20(21(27)19-25)9-10-23-28(6)13-12-24(31)26(3,4)22(28)11-14-30(23,29)8/h9,21-24,31H,10-19H2,1-8H3/t21?,22-,23+,24-,27+,28-,29+,30+/m0/s1. The Kier molecular flexibility index (Phi) is 4.66. The summed E-state index contributed by atoms with van der Waals surface area (Å²) in [5.41, 5.74) is 4.09. The lowest BCUT2D eigenvalue weighted by atomic mass is 9.33. The van der Waals surface area contributed by atoms with E-state index in [9.17, 15) is 5.11 Å². The Morgan fingerprint density at radius 3 is 2.16 bits per heavy atom. The van der Waals surface area contributed by atoms with E-state index in [1.54, 1.807) is 0 Å². The highest BCUT2D eigenvalue weighted by atomic mass is 16.3. The van der Waals surface area contributed by atoms with Crippen molar-refractivity contribution in [3.8, 4) is 0 Å². The zero-order valence-electron chi connectivity index (χ0n) is 21.9. The molecule has 1 N–H and O–H groups in total. The van der Waals surface area contributed by atoms with Crippen LogP contribution in [0.3, 0.4) is 0 Å². The summed E-state index contributed by atoms with van der Waals surface area (Å²) in [7, 11) is 0. The summed E-state index contributed by atoms with van der Waals surface area (Å²) in [4.78, 5) is 0. The maximum atomic E-state index is 10.9. The van der Waals surface area contributed by atoms with Gasteiger partial charge in [0, 0.05) is 0 Å². The van der Waals surface area contributed by atoms with E-state index in [0.717, 1.165) is 18.3 Å². The molecule has 0 saturated heterocycles. The molecule has 0 aromatic heterocycles. The highest BCUT2D eigenvalue weighted by Gasteiger charge is 2.67. The highest BCUT2D eigenvalue weighted by Crippen LogP contribution is 2.75. The summed E-state index contributed by atoms with van der Waals surface area (Å²) >= 11 is 0. The van der Waals surface area contributed by atoms with Gasteiger partial charge in [-0.05, 0) is 114 Å². The quantitative estimate of drug-likeness (QED) is 0.387. The van der Waals surface area contributed by atoms with Gasteiger partial charge in [-0.3, -0.25) is 0 Å². The molecule has 0 amide bonds. The number of aliphatic hydroxyl groups is 1. The molecule has 1 unspecified atom stereocenters. The minimum Gasteiger partial charge on any atom is -0.393 e. The third-order valence-electron chi connectivity index (χ3n) is 13.0. The van der Waals surface area contributed by atoms with Gasteiger partial charge in [-0.15, -0.1) is 0 Å². The van der Waals surface area contributed by atoms with Crippen LogP contribution in [0.15, 0.2) is 11.6 Å². The molecule has 31 heavy (non-hydrogen) atoms. The van der Waals surface area contributed by atoms with Crippen LogP contribution in [-0.4, -0.2) is 11.2 Å². The second-order valence-corrected chi connectivity index (χ2v) is 15.2. The van der Waals surface area contributed by atoms with Gasteiger partial charge in [-0.25, -0.2) is 0 Å². The SMILES string of the molecule is CC1(C)CC[C@]2(C)CC[C@]3(C)C(=CC[C@@H]4[C@@]5(C)CC[C@H](O)C(C)(C)[C@@H]5CC[C@]43C)C2C1. The number of aliphatic hydroxyl groups excluding tert-OH is 1. The third kappa shape index (κ3) is 2.77. The van der Waals surface area contributed by atoms with Gasteiger partial charge >= 0.3 is 0 Å². The van der Waals surface area contributed by atoms with E-state index >= 15 is 0 Å². The minimum atomic E-state index is -0.125. The van der Waals surface area contributed by atoms with Crippen LogP contribution in [0.25, 0.3) is 0 Å². The smallest absolute Gasteiger partial charge is 0.0594 e. The second kappa shape index (κ2) is 6.43. The van der Waals surface area contributed by atoms with Gasteiger partial charge in [0.1, 0.15) is 0 Å². The van der Waals surface area contributed by atoms with Gasteiger partial charge in [-0.2, -0.15) is 0 Å². The van der Waals surface area contributed by atoms with Crippen molar-refractivity contribution in [1.82, 2.24) is 0 Å². The fraction of sp³-hybridized carbons (Fsp3) is 0.933. The van der Waals surface area contributed by atoms with E-state index in [1.165, 1.54) is 57.8 Å². The van der Waals surface area contributed by atoms with Crippen molar-refractivity contribution in [2.24, 2.45) is 50.2 Å². The fourth-order valence-corrected chi connectivity index (χ4v) is 10.5. The molecule has 1 nitrogen and oxygen atoms in total. The number of allylic oxidation sites excluding steroid dienone is 2. The first kappa shape index (κ1) is 22.5. The molecule has 5 rings (SSSR count). The van der Waals surface area contributed by atoms with Gasteiger partial charge in [0.05, 0.1) is 6.10 Å². The Morgan fingerprint density at radius 2 is 1.45 bits per heavy atom. The van der Waals surface area contributed by atoms with E-state index in [1.807, 2.05) is 5.57 Å². The largest absolute Gasteiger partial charge is 0.393 e. The average molecular weight is 427 g/mol. The van der Waals surface area contributed by atoms with Crippen LogP contribution in [0.4, 0.5) is 0 Å². The zero-order chi connectivity index (χ0) is 22.7. The first-order valence-electron chi connectivity index (χ1n) is 13.6. The summed E-state index contributed by atoms with van der Waals surface area (Å²) in [6, 6.07) is 0. The normalized spacial score (nSPS) is 55.2. The second-order valence-electron chi connectivity index (χ2n) is 15.2. The van der Waals surface area contributed by atoms with Gasteiger partial charge in [0.15, 0.2) is 0 Å². The Morgan fingerprint density at radius 1 is 0.774 bits per heavy atom.